The van der Waals surface area contributed by atoms with Gasteiger partial charge < -0.3 is 11.5 Å². The van der Waals surface area contributed by atoms with Crippen molar-refractivity contribution in [1.29, 1.82) is 0 Å². The summed E-state index contributed by atoms with van der Waals surface area (Å²) in [6.45, 7) is 0. The van der Waals surface area contributed by atoms with Crippen LogP contribution in [-0.4, -0.2) is 26.7 Å². The highest BCUT2D eigenvalue weighted by molar-refractivity contribution is 7.80. The minimum absolute atomic E-state index is 0.254. The fourth-order valence-corrected chi connectivity index (χ4v) is 0.751. The molecule has 0 unspecified atom stereocenters. The van der Waals surface area contributed by atoms with Crippen LogP contribution in [0.25, 0.3) is 0 Å². The van der Waals surface area contributed by atoms with E-state index in [2.05, 4.69) is 22.3 Å². The number of anilines is 1. The van der Waals surface area contributed by atoms with Crippen LogP contribution in [0.15, 0.2) is 23.4 Å². The second kappa shape index (κ2) is 4.49. The normalized spacial score (nSPS) is 10.4. The first-order valence-corrected chi connectivity index (χ1v) is 4.05. The zero-order chi connectivity index (χ0) is 10.6. The highest BCUT2D eigenvalue weighted by Crippen LogP contribution is 2.03. The second-order valence-corrected chi connectivity index (χ2v) is 2.77. The third-order valence-corrected chi connectivity index (χ3v) is 1.52. The molecule has 0 radical (unpaired) electrons. The predicted octanol–water partition coefficient (Wildman–Crippen LogP) is -0.0675. The summed E-state index contributed by atoms with van der Waals surface area (Å²) in [5.74, 6) is 0. The molecule has 14 heavy (non-hydrogen) atoms. The first-order valence-electron chi connectivity index (χ1n) is 3.64. The summed E-state index contributed by atoms with van der Waals surface area (Å²) in [6.07, 6.45) is 2.81. The molecule has 74 valence electrons. The lowest BCUT2D eigenvalue weighted by atomic mass is 10.3. The highest BCUT2D eigenvalue weighted by Gasteiger charge is 1.98. The summed E-state index contributed by atoms with van der Waals surface area (Å²) >= 11 is 4.45. The van der Waals surface area contributed by atoms with Crippen LogP contribution in [0.5, 0.6) is 0 Å². The van der Waals surface area contributed by atoms with E-state index in [1.165, 1.54) is 6.21 Å². The van der Waals surface area contributed by atoms with Gasteiger partial charge in [0.1, 0.15) is 5.69 Å². The van der Waals surface area contributed by atoms with Gasteiger partial charge in [0.15, 0.2) is 0 Å². The lowest BCUT2D eigenvalue weighted by Gasteiger charge is -2.05. The van der Waals surface area contributed by atoms with Gasteiger partial charge in [0, 0.05) is 6.20 Å². The van der Waals surface area contributed by atoms with E-state index in [1.54, 1.807) is 18.3 Å². The molecular formula is C7H9N5OS. The van der Waals surface area contributed by atoms with E-state index >= 15 is 0 Å². The van der Waals surface area contributed by atoms with Crippen LogP contribution >= 0.6 is 12.2 Å². The van der Waals surface area contributed by atoms with E-state index in [1.807, 2.05) is 0 Å². The van der Waals surface area contributed by atoms with Gasteiger partial charge in [-0.05, 0) is 24.4 Å². The number of nitrogen functional groups attached to an aromatic ring is 1. The number of rotatable bonds is 2. The van der Waals surface area contributed by atoms with Crippen LogP contribution in [0.4, 0.5) is 5.69 Å². The van der Waals surface area contributed by atoms with Crippen molar-refractivity contribution in [2.75, 3.05) is 5.73 Å². The molecule has 5 N–H and O–H groups in total. The molecule has 1 heterocycles. The quantitative estimate of drug-likeness (QED) is 0.360. The smallest absolute Gasteiger partial charge is 0.215 e. The second-order valence-electron chi connectivity index (χ2n) is 2.35. The third-order valence-electron chi connectivity index (χ3n) is 1.36. The van der Waals surface area contributed by atoms with Crippen LogP contribution in [-0.2, 0) is 0 Å². The molecular weight excluding hydrogens is 202 g/mol. The van der Waals surface area contributed by atoms with Crippen molar-refractivity contribution in [2.24, 2.45) is 10.8 Å². The molecule has 0 atom stereocenters. The topological polar surface area (TPSA) is 101 Å². The van der Waals surface area contributed by atoms with Crippen LogP contribution < -0.4 is 11.5 Å². The fraction of sp³-hybridized carbons (Fsp3) is 0. The number of nitrogens with zero attached hydrogens (tertiary/aromatic N) is 3. The van der Waals surface area contributed by atoms with Gasteiger partial charge in [0.05, 0.1) is 11.9 Å². The largest absolute Gasteiger partial charge is 0.397 e. The Labute approximate surface area is 85.8 Å². The average Bonchev–Trinajstić information content (AvgIpc) is 2.16. The molecule has 0 aliphatic carbocycles. The standard InChI is InChI=1S/C7H9N5OS/c8-5-2-1-3-10-6(5)4-11-12(13)7(9)14/h1-4,13H,8H2,(H2,9,14). The maximum Gasteiger partial charge on any atom is 0.215 e. The summed E-state index contributed by atoms with van der Waals surface area (Å²) in [6, 6.07) is 3.35. The van der Waals surface area contributed by atoms with E-state index in [4.69, 9.17) is 16.7 Å². The van der Waals surface area contributed by atoms with Crippen LogP contribution in [0.3, 0.4) is 0 Å². The molecule has 0 aliphatic heterocycles. The number of hydrazone groups is 1. The van der Waals surface area contributed by atoms with Gasteiger partial charge >= 0.3 is 0 Å². The lowest BCUT2D eigenvalue weighted by Crippen LogP contribution is -2.27. The Morgan fingerprint density at radius 1 is 1.71 bits per heavy atom. The number of hydroxylamine groups is 1. The van der Waals surface area contributed by atoms with Crippen molar-refractivity contribution in [3.05, 3.63) is 24.0 Å². The number of pyridine rings is 1. The van der Waals surface area contributed by atoms with Gasteiger partial charge in [-0.15, -0.1) is 5.17 Å². The molecule has 0 spiro atoms. The first kappa shape index (κ1) is 10.4. The van der Waals surface area contributed by atoms with Crippen LogP contribution in [0.1, 0.15) is 5.69 Å². The Morgan fingerprint density at radius 3 is 3.00 bits per heavy atom. The fourth-order valence-electron chi connectivity index (χ4n) is 0.704. The lowest BCUT2D eigenvalue weighted by molar-refractivity contribution is -0.00977. The molecule has 0 fully saturated rings. The molecule has 0 saturated heterocycles. The highest BCUT2D eigenvalue weighted by atomic mass is 32.1. The predicted molar refractivity (Wildman–Crippen MR) is 56.7 cm³/mol. The van der Waals surface area contributed by atoms with E-state index < -0.39 is 0 Å². The number of aromatic nitrogens is 1. The zero-order valence-electron chi connectivity index (χ0n) is 7.16. The van der Waals surface area contributed by atoms with E-state index in [-0.39, 0.29) is 5.11 Å². The third kappa shape index (κ3) is 2.64. The Hall–Kier alpha value is -1.73. The summed E-state index contributed by atoms with van der Waals surface area (Å²) in [7, 11) is 0. The number of hydrogen-bond acceptors (Lipinski definition) is 5. The maximum atomic E-state index is 8.98. The molecule has 0 aliphatic rings. The van der Waals surface area contributed by atoms with Crippen LogP contribution in [0.2, 0.25) is 0 Å². The number of hydrogen-bond donors (Lipinski definition) is 3. The monoisotopic (exact) mass is 211 g/mol. The van der Waals surface area contributed by atoms with Crippen molar-refractivity contribution in [3.63, 3.8) is 0 Å². The summed E-state index contributed by atoms with van der Waals surface area (Å²) in [4.78, 5) is 3.91. The molecule has 1 aromatic heterocycles. The molecule has 1 rings (SSSR count). The Balaban J connectivity index is 2.78. The summed E-state index contributed by atoms with van der Waals surface area (Å²) in [5, 5.41) is 12.6. The van der Waals surface area contributed by atoms with Gasteiger partial charge in [-0.1, -0.05) is 0 Å². The maximum absolute atomic E-state index is 8.98. The molecule has 6 nitrogen and oxygen atoms in total. The van der Waals surface area contributed by atoms with E-state index in [0.29, 0.717) is 16.6 Å². The van der Waals surface area contributed by atoms with Gasteiger partial charge in [-0.3, -0.25) is 10.2 Å². The Bertz CT molecular complexity index is 367. The van der Waals surface area contributed by atoms with Gasteiger partial charge in [0.25, 0.3) is 0 Å². The first-order chi connectivity index (χ1) is 6.61. The van der Waals surface area contributed by atoms with Crippen molar-refractivity contribution in [1.82, 2.24) is 10.2 Å². The molecule has 7 heteroatoms. The van der Waals surface area contributed by atoms with Gasteiger partial charge in [0.2, 0.25) is 5.11 Å². The minimum Gasteiger partial charge on any atom is -0.397 e. The van der Waals surface area contributed by atoms with Gasteiger partial charge in [-0.2, -0.15) is 5.10 Å². The van der Waals surface area contributed by atoms with Crippen molar-refractivity contribution in [2.45, 2.75) is 0 Å². The summed E-state index contributed by atoms with van der Waals surface area (Å²) < 4.78 is 0. The molecule has 0 amide bonds. The van der Waals surface area contributed by atoms with Gasteiger partial charge in [-0.25, -0.2) is 0 Å². The Kier molecular flexibility index (Phi) is 3.32. The van der Waals surface area contributed by atoms with E-state index in [0.717, 1.165) is 0 Å². The molecule has 0 bridgehead atoms. The summed E-state index contributed by atoms with van der Waals surface area (Å²) in [5.41, 5.74) is 11.5. The SMILES string of the molecule is NC(=S)N(O)N=Cc1ncccc1N. The molecule has 1 aromatic rings. The van der Waals surface area contributed by atoms with E-state index in [9.17, 15) is 0 Å². The van der Waals surface area contributed by atoms with Crippen molar-refractivity contribution in [3.8, 4) is 0 Å². The zero-order valence-corrected chi connectivity index (χ0v) is 7.98. The minimum atomic E-state index is -0.254. The van der Waals surface area contributed by atoms with Crippen molar-refractivity contribution >= 4 is 29.2 Å². The van der Waals surface area contributed by atoms with Crippen molar-refractivity contribution < 1.29 is 5.21 Å². The molecule has 0 saturated carbocycles. The number of thiocarbonyl (C=S) groups is 1. The number of nitrogens with two attached hydrogens (primary N) is 2. The van der Waals surface area contributed by atoms with Crippen LogP contribution in [0, 0.1) is 0 Å². The average molecular weight is 211 g/mol. The molecule has 0 aromatic carbocycles. The Morgan fingerprint density at radius 2 is 2.43 bits per heavy atom.